The van der Waals surface area contributed by atoms with Crippen molar-refractivity contribution < 1.29 is 21.3 Å². The number of fused-ring (bicyclic) bond motifs is 1. The molecule has 0 aliphatic carbocycles. The van der Waals surface area contributed by atoms with Gasteiger partial charge in [0, 0.05) is 17.9 Å². The molecule has 0 aliphatic rings. The van der Waals surface area contributed by atoms with E-state index in [0.29, 0.717) is 15.7 Å². The van der Waals surface area contributed by atoms with E-state index in [0.717, 1.165) is 23.7 Å². The van der Waals surface area contributed by atoms with Crippen LogP contribution in [0.2, 0.25) is 0 Å². The summed E-state index contributed by atoms with van der Waals surface area (Å²) in [5.74, 6) is 0.752. The molecule has 0 amide bonds. The minimum absolute atomic E-state index is 0.0412. The molecule has 110 valence electrons. The first-order valence-corrected chi connectivity index (χ1v) is 9.55. The quantitative estimate of drug-likeness (QED) is 0.857. The zero-order chi connectivity index (χ0) is 15.1. The van der Waals surface area contributed by atoms with Gasteiger partial charge in [-0.3, -0.25) is 0 Å². The molecule has 20 heavy (non-hydrogen) atoms. The molecule has 0 fully saturated rings. The van der Waals surface area contributed by atoms with Gasteiger partial charge in [-0.2, -0.15) is 3.71 Å². The largest absolute Gasteiger partial charge is 0.461 e. The van der Waals surface area contributed by atoms with Crippen molar-refractivity contribution in [2.75, 3.05) is 16.2 Å². The van der Waals surface area contributed by atoms with Crippen LogP contribution < -0.4 is 3.71 Å². The normalized spacial score (nSPS) is 12.8. The SMILES string of the molecule is CCc1cc2ccc(N(S(C)(=O)=O)S(C)(=O)=O)cc2o1. The van der Waals surface area contributed by atoms with E-state index in [2.05, 4.69) is 0 Å². The number of rotatable bonds is 4. The molecular weight excluding hydrogens is 302 g/mol. The molecule has 6 nitrogen and oxygen atoms in total. The number of nitrogens with zero attached hydrogens (tertiary/aromatic N) is 1. The van der Waals surface area contributed by atoms with Crippen LogP contribution in [0.4, 0.5) is 5.69 Å². The third kappa shape index (κ3) is 2.80. The van der Waals surface area contributed by atoms with Crippen molar-refractivity contribution >= 4 is 36.7 Å². The highest BCUT2D eigenvalue weighted by molar-refractivity contribution is 8.09. The lowest BCUT2D eigenvalue weighted by molar-refractivity contribution is 0.557. The van der Waals surface area contributed by atoms with E-state index in [1.165, 1.54) is 12.1 Å². The van der Waals surface area contributed by atoms with E-state index in [4.69, 9.17) is 4.42 Å². The summed E-state index contributed by atoms with van der Waals surface area (Å²) in [7, 11) is -7.88. The lowest BCUT2D eigenvalue weighted by atomic mass is 10.2. The van der Waals surface area contributed by atoms with Gasteiger partial charge in [-0.25, -0.2) is 16.8 Å². The van der Waals surface area contributed by atoms with Crippen molar-refractivity contribution in [1.82, 2.24) is 0 Å². The van der Waals surface area contributed by atoms with E-state index in [1.54, 1.807) is 6.07 Å². The van der Waals surface area contributed by atoms with E-state index in [9.17, 15) is 16.8 Å². The Balaban J connectivity index is 2.66. The standard InChI is InChI=1S/C12H15NO5S2/c1-4-11-7-9-5-6-10(8-12(9)18-11)13(19(2,14)15)20(3,16)17/h5-8H,4H2,1-3H3. The van der Waals surface area contributed by atoms with Crippen LogP contribution in [-0.4, -0.2) is 29.3 Å². The summed E-state index contributed by atoms with van der Waals surface area (Å²) in [5.41, 5.74) is 0.496. The molecule has 0 saturated carbocycles. The number of anilines is 1. The Bertz CT molecular complexity index is 817. The summed E-state index contributed by atoms with van der Waals surface area (Å²) < 4.78 is 52.7. The molecule has 0 spiro atoms. The molecule has 0 radical (unpaired) electrons. The van der Waals surface area contributed by atoms with Crippen molar-refractivity contribution in [2.24, 2.45) is 0 Å². The topological polar surface area (TPSA) is 84.7 Å². The Morgan fingerprint density at radius 1 is 1.05 bits per heavy atom. The van der Waals surface area contributed by atoms with Crippen LogP contribution in [0.15, 0.2) is 28.7 Å². The highest BCUT2D eigenvalue weighted by Crippen LogP contribution is 2.28. The molecular formula is C12H15NO5S2. The Labute approximate surface area is 118 Å². The minimum atomic E-state index is -3.94. The second-order valence-corrected chi connectivity index (χ2v) is 8.41. The van der Waals surface area contributed by atoms with Crippen molar-refractivity contribution in [3.05, 3.63) is 30.0 Å². The number of hydrogen-bond donors (Lipinski definition) is 0. The van der Waals surface area contributed by atoms with Gasteiger partial charge >= 0.3 is 0 Å². The average molecular weight is 317 g/mol. The van der Waals surface area contributed by atoms with Crippen LogP contribution in [0.25, 0.3) is 11.0 Å². The summed E-state index contributed by atoms with van der Waals surface area (Å²) in [6.07, 6.45) is 2.39. The molecule has 0 bridgehead atoms. The summed E-state index contributed by atoms with van der Waals surface area (Å²) in [6, 6.07) is 6.33. The number of sulfonamides is 2. The molecule has 0 atom stereocenters. The molecule has 1 heterocycles. The second kappa shape index (κ2) is 4.78. The molecule has 8 heteroatoms. The maximum atomic E-state index is 11.7. The van der Waals surface area contributed by atoms with Crippen LogP contribution in [0.3, 0.4) is 0 Å². The number of furan rings is 1. The zero-order valence-corrected chi connectivity index (χ0v) is 13.0. The van der Waals surface area contributed by atoms with Crippen LogP contribution in [-0.2, 0) is 26.5 Å². The van der Waals surface area contributed by atoms with Crippen molar-refractivity contribution in [1.29, 1.82) is 0 Å². The van der Waals surface area contributed by atoms with Crippen LogP contribution in [0, 0.1) is 0 Å². The molecule has 0 aliphatic heterocycles. The zero-order valence-electron chi connectivity index (χ0n) is 11.3. The van der Waals surface area contributed by atoms with Gasteiger partial charge < -0.3 is 4.42 Å². The summed E-state index contributed by atoms with van der Waals surface area (Å²) in [5, 5.41) is 0.799. The smallest absolute Gasteiger partial charge is 0.245 e. The third-order valence-electron chi connectivity index (χ3n) is 2.72. The fourth-order valence-corrected chi connectivity index (χ4v) is 4.95. The molecule has 0 N–H and O–H groups in total. The molecule has 1 aromatic heterocycles. The van der Waals surface area contributed by atoms with Gasteiger partial charge in [0.15, 0.2) is 0 Å². The van der Waals surface area contributed by atoms with E-state index >= 15 is 0 Å². The number of hydrogen-bond acceptors (Lipinski definition) is 5. The molecule has 2 aromatic rings. The Hall–Kier alpha value is -1.54. The van der Waals surface area contributed by atoms with E-state index < -0.39 is 20.0 Å². The first-order valence-electron chi connectivity index (χ1n) is 5.86. The van der Waals surface area contributed by atoms with Gasteiger partial charge in [-0.05, 0) is 18.2 Å². The van der Waals surface area contributed by atoms with Crippen LogP contribution in [0.5, 0.6) is 0 Å². The van der Waals surface area contributed by atoms with Gasteiger partial charge in [0.2, 0.25) is 20.0 Å². The Kier molecular flexibility index (Phi) is 3.55. The number of benzene rings is 1. The molecule has 1 aromatic carbocycles. The van der Waals surface area contributed by atoms with Gasteiger partial charge in [-0.1, -0.05) is 6.92 Å². The highest BCUT2D eigenvalue weighted by Gasteiger charge is 2.27. The van der Waals surface area contributed by atoms with E-state index in [-0.39, 0.29) is 5.69 Å². The fraction of sp³-hybridized carbons (Fsp3) is 0.333. The van der Waals surface area contributed by atoms with Crippen molar-refractivity contribution in [3.63, 3.8) is 0 Å². The fourth-order valence-electron chi connectivity index (χ4n) is 1.99. The summed E-state index contributed by atoms with van der Waals surface area (Å²) >= 11 is 0. The Morgan fingerprint density at radius 2 is 1.65 bits per heavy atom. The van der Waals surface area contributed by atoms with Gasteiger partial charge in [-0.15, -0.1) is 0 Å². The summed E-state index contributed by atoms with van der Waals surface area (Å²) in [4.78, 5) is 0. The highest BCUT2D eigenvalue weighted by atomic mass is 32.3. The Morgan fingerprint density at radius 3 is 2.15 bits per heavy atom. The van der Waals surface area contributed by atoms with Crippen molar-refractivity contribution in [3.8, 4) is 0 Å². The minimum Gasteiger partial charge on any atom is -0.461 e. The lowest BCUT2D eigenvalue weighted by Crippen LogP contribution is -2.35. The second-order valence-electron chi connectivity index (χ2n) is 4.51. The predicted octanol–water partition coefficient (Wildman–Crippen LogP) is 1.72. The maximum Gasteiger partial charge on any atom is 0.245 e. The monoisotopic (exact) mass is 317 g/mol. The molecule has 0 saturated heterocycles. The summed E-state index contributed by atoms with van der Waals surface area (Å²) in [6.45, 7) is 1.93. The average Bonchev–Trinajstić information content (AvgIpc) is 2.67. The van der Waals surface area contributed by atoms with E-state index in [1.807, 2.05) is 13.0 Å². The molecule has 2 rings (SSSR count). The van der Waals surface area contributed by atoms with Crippen LogP contribution in [0.1, 0.15) is 12.7 Å². The first-order chi connectivity index (χ1) is 9.13. The van der Waals surface area contributed by atoms with Gasteiger partial charge in [0.25, 0.3) is 0 Å². The molecule has 0 unspecified atom stereocenters. The first kappa shape index (κ1) is 14.9. The lowest BCUT2D eigenvalue weighted by Gasteiger charge is -2.19. The van der Waals surface area contributed by atoms with Gasteiger partial charge in [0.1, 0.15) is 11.3 Å². The van der Waals surface area contributed by atoms with Crippen LogP contribution >= 0.6 is 0 Å². The van der Waals surface area contributed by atoms with Gasteiger partial charge in [0.05, 0.1) is 18.2 Å². The predicted molar refractivity (Wildman–Crippen MR) is 77.8 cm³/mol. The third-order valence-corrected chi connectivity index (χ3v) is 5.97. The van der Waals surface area contributed by atoms with Crippen molar-refractivity contribution in [2.45, 2.75) is 13.3 Å². The number of aryl methyl sites for hydroxylation is 1. The maximum absolute atomic E-state index is 11.7.